The van der Waals surface area contributed by atoms with Crippen LogP contribution in [0.15, 0.2) is 12.2 Å². The highest BCUT2D eigenvalue weighted by Crippen LogP contribution is 2.13. The quantitative estimate of drug-likeness (QED) is 0.308. The molecule has 0 aromatic heterocycles. The molecule has 0 heterocycles. The number of unbranched alkanes of at least 4 members (excludes halogenated alkanes) is 2. The van der Waals surface area contributed by atoms with Crippen LogP contribution in [0.4, 0.5) is 0 Å². The Morgan fingerprint density at radius 1 is 1.07 bits per heavy atom. The molecule has 0 aromatic rings. The summed E-state index contributed by atoms with van der Waals surface area (Å²) < 4.78 is 0. The van der Waals surface area contributed by atoms with Crippen LogP contribution in [0.25, 0.3) is 0 Å². The summed E-state index contributed by atoms with van der Waals surface area (Å²) in [5.74, 6) is 0.315. The van der Waals surface area contributed by atoms with E-state index in [9.17, 15) is 4.79 Å². The minimum atomic E-state index is 0.315. The summed E-state index contributed by atoms with van der Waals surface area (Å²) in [7, 11) is 0. The van der Waals surface area contributed by atoms with E-state index in [1.165, 1.54) is 19.3 Å². The van der Waals surface area contributed by atoms with Gasteiger partial charge in [0, 0.05) is 5.92 Å². The zero-order valence-corrected chi connectivity index (χ0v) is 9.67. The van der Waals surface area contributed by atoms with Gasteiger partial charge in [-0.3, -0.25) is 0 Å². The predicted molar refractivity (Wildman–Crippen MR) is 62.4 cm³/mol. The first-order valence-electron chi connectivity index (χ1n) is 5.95. The number of hydrogen-bond acceptors (Lipinski definition) is 1. The molecule has 0 N–H and O–H groups in total. The average molecular weight is 196 g/mol. The van der Waals surface area contributed by atoms with Crippen molar-refractivity contribution in [2.75, 3.05) is 0 Å². The summed E-state index contributed by atoms with van der Waals surface area (Å²) in [6.45, 7) is 4.29. The van der Waals surface area contributed by atoms with Crippen LogP contribution in [-0.4, -0.2) is 6.29 Å². The number of allylic oxidation sites excluding steroid dienone is 2. The molecule has 0 amide bonds. The molecule has 0 aromatic carbocycles. The Morgan fingerprint density at radius 3 is 2.43 bits per heavy atom. The summed E-state index contributed by atoms with van der Waals surface area (Å²) in [5, 5.41) is 0. The molecular weight excluding hydrogens is 172 g/mol. The van der Waals surface area contributed by atoms with Crippen LogP contribution in [-0.2, 0) is 4.79 Å². The zero-order chi connectivity index (χ0) is 10.6. The lowest BCUT2D eigenvalue weighted by Crippen LogP contribution is -2.00. The van der Waals surface area contributed by atoms with E-state index in [4.69, 9.17) is 0 Å². The van der Waals surface area contributed by atoms with Crippen molar-refractivity contribution in [2.24, 2.45) is 5.92 Å². The van der Waals surface area contributed by atoms with E-state index in [2.05, 4.69) is 26.0 Å². The smallest absolute Gasteiger partial charge is 0.123 e. The van der Waals surface area contributed by atoms with Crippen LogP contribution >= 0.6 is 0 Å². The molecular formula is C13H24O. The standard InChI is InChI=1S/C13H24O/c1-3-5-6-7-8-9-11-13(12-14)10-4-2/h5-6,12-13H,3-4,7-11H2,1-2H3/b6-5+. The fourth-order valence-electron chi connectivity index (χ4n) is 1.60. The van der Waals surface area contributed by atoms with E-state index in [0.717, 1.165) is 32.0 Å². The van der Waals surface area contributed by atoms with Gasteiger partial charge in [0.15, 0.2) is 0 Å². The molecule has 0 aliphatic rings. The molecule has 0 radical (unpaired) electrons. The number of hydrogen-bond donors (Lipinski definition) is 0. The summed E-state index contributed by atoms with van der Waals surface area (Å²) in [6, 6.07) is 0. The van der Waals surface area contributed by atoms with Crippen LogP contribution in [0.2, 0.25) is 0 Å². The van der Waals surface area contributed by atoms with Crippen molar-refractivity contribution < 1.29 is 4.79 Å². The van der Waals surface area contributed by atoms with Crippen molar-refractivity contribution in [1.29, 1.82) is 0 Å². The van der Waals surface area contributed by atoms with Crippen LogP contribution in [0, 0.1) is 5.92 Å². The summed E-state index contributed by atoms with van der Waals surface area (Å²) in [5.41, 5.74) is 0. The maximum Gasteiger partial charge on any atom is 0.123 e. The molecule has 0 saturated heterocycles. The van der Waals surface area contributed by atoms with Crippen molar-refractivity contribution in [3.63, 3.8) is 0 Å². The van der Waals surface area contributed by atoms with Crippen molar-refractivity contribution in [1.82, 2.24) is 0 Å². The Labute approximate surface area is 88.6 Å². The molecule has 0 fully saturated rings. The second-order valence-corrected chi connectivity index (χ2v) is 3.85. The molecule has 82 valence electrons. The topological polar surface area (TPSA) is 17.1 Å². The highest BCUT2D eigenvalue weighted by atomic mass is 16.1. The van der Waals surface area contributed by atoms with Crippen LogP contribution in [0.3, 0.4) is 0 Å². The van der Waals surface area contributed by atoms with E-state index in [-0.39, 0.29) is 0 Å². The van der Waals surface area contributed by atoms with E-state index in [0.29, 0.717) is 5.92 Å². The number of aldehydes is 1. The van der Waals surface area contributed by atoms with Gasteiger partial charge in [0.05, 0.1) is 0 Å². The van der Waals surface area contributed by atoms with Gasteiger partial charge < -0.3 is 4.79 Å². The van der Waals surface area contributed by atoms with Gasteiger partial charge in [-0.15, -0.1) is 0 Å². The largest absolute Gasteiger partial charge is 0.303 e. The summed E-state index contributed by atoms with van der Waals surface area (Å²) in [4.78, 5) is 10.6. The van der Waals surface area contributed by atoms with Gasteiger partial charge in [0.25, 0.3) is 0 Å². The van der Waals surface area contributed by atoms with Gasteiger partial charge in [-0.2, -0.15) is 0 Å². The lowest BCUT2D eigenvalue weighted by atomic mass is 9.98. The highest BCUT2D eigenvalue weighted by molar-refractivity contribution is 5.53. The molecule has 0 saturated carbocycles. The summed E-state index contributed by atoms with van der Waals surface area (Å²) in [6.07, 6.45) is 13.6. The average Bonchev–Trinajstić information content (AvgIpc) is 2.21. The van der Waals surface area contributed by atoms with Gasteiger partial charge >= 0.3 is 0 Å². The number of rotatable bonds is 9. The Balaban J connectivity index is 3.32. The fraction of sp³-hybridized carbons (Fsp3) is 0.769. The highest BCUT2D eigenvalue weighted by Gasteiger charge is 2.04. The monoisotopic (exact) mass is 196 g/mol. The molecule has 1 unspecified atom stereocenters. The van der Waals surface area contributed by atoms with Gasteiger partial charge in [-0.05, 0) is 32.1 Å². The molecule has 14 heavy (non-hydrogen) atoms. The van der Waals surface area contributed by atoms with Crippen LogP contribution in [0.1, 0.15) is 58.8 Å². The lowest BCUT2D eigenvalue weighted by Gasteiger charge is -2.06. The molecule has 0 bridgehead atoms. The Bertz CT molecular complexity index is 149. The molecule has 0 spiro atoms. The molecule has 1 atom stereocenters. The first-order chi connectivity index (χ1) is 6.85. The van der Waals surface area contributed by atoms with Crippen molar-refractivity contribution in [2.45, 2.75) is 58.8 Å². The second kappa shape index (κ2) is 10.5. The molecule has 0 aliphatic heterocycles. The van der Waals surface area contributed by atoms with Gasteiger partial charge in [0.2, 0.25) is 0 Å². The minimum Gasteiger partial charge on any atom is -0.303 e. The first kappa shape index (κ1) is 13.4. The van der Waals surface area contributed by atoms with Crippen molar-refractivity contribution in [3.05, 3.63) is 12.2 Å². The SMILES string of the molecule is CC/C=C/CCCCC(C=O)CCC. The predicted octanol–water partition coefficient (Wildman–Crippen LogP) is 4.13. The Kier molecular flexibility index (Phi) is 10.0. The lowest BCUT2D eigenvalue weighted by molar-refractivity contribution is -0.111. The maximum absolute atomic E-state index is 10.6. The second-order valence-electron chi connectivity index (χ2n) is 3.85. The number of carbonyl (C=O) groups excluding carboxylic acids is 1. The summed E-state index contributed by atoms with van der Waals surface area (Å²) >= 11 is 0. The molecule has 1 heteroatoms. The molecule has 1 nitrogen and oxygen atoms in total. The van der Waals surface area contributed by atoms with Crippen molar-refractivity contribution in [3.8, 4) is 0 Å². The third kappa shape index (κ3) is 8.03. The van der Waals surface area contributed by atoms with E-state index in [1.807, 2.05) is 0 Å². The molecule has 0 aliphatic carbocycles. The van der Waals surface area contributed by atoms with Crippen LogP contribution < -0.4 is 0 Å². The third-order valence-electron chi connectivity index (χ3n) is 2.45. The van der Waals surface area contributed by atoms with Gasteiger partial charge in [-0.1, -0.05) is 38.8 Å². The Morgan fingerprint density at radius 2 is 1.86 bits per heavy atom. The van der Waals surface area contributed by atoms with Crippen LogP contribution in [0.5, 0.6) is 0 Å². The molecule has 0 rings (SSSR count). The minimum absolute atomic E-state index is 0.315. The zero-order valence-electron chi connectivity index (χ0n) is 9.67. The van der Waals surface area contributed by atoms with Gasteiger partial charge in [-0.25, -0.2) is 0 Å². The first-order valence-corrected chi connectivity index (χ1v) is 5.95. The third-order valence-corrected chi connectivity index (χ3v) is 2.45. The maximum atomic E-state index is 10.6. The van der Waals surface area contributed by atoms with E-state index < -0.39 is 0 Å². The van der Waals surface area contributed by atoms with Crippen molar-refractivity contribution >= 4 is 6.29 Å². The normalized spacial score (nSPS) is 13.3. The number of carbonyl (C=O) groups is 1. The Hall–Kier alpha value is -0.590. The van der Waals surface area contributed by atoms with E-state index >= 15 is 0 Å². The fourth-order valence-corrected chi connectivity index (χ4v) is 1.60. The van der Waals surface area contributed by atoms with E-state index in [1.54, 1.807) is 0 Å². The van der Waals surface area contributed by atoms with Gasteiger partial charge in [0.1, 0.15) is 6.29 Å².